The molecule has 0 bridgehead atoms. The van der Waals surface area contributed by atoms with Gasteiger partial charge in [0.2, 0.25) is 16.8 Å². The molecule has 6 rings (SSSR count). The van der Waals surface area contributed by atoms with Crippen molar-refractivity contribution in [3.63, 3.8) is 0 Å². The van der Waals surface area contributed by atoms with Gasteiger partial charge in [0.25, 0.3) is 0 Å². The predicted molar refractivity (Wildman–Crippen MR) is 137 cm³/mol. The van der Waals surface area contributed by atoms with Crippen molar-refractivity contribution in [2.24, 2.45) is 0 Å². The Balaban J connectivity index is 1.62. The fourth-order valence-electron chi connectivity index (χ4n) is 5.23. The number of H-pyrrole nitrogens is 1. The second kappa shape index (κ2) is 8.93. The molecule has 1 aromatic heterocycles. The number of carbonyl (C=O) groups is 1. The molecule has 190 valence electrons. The summed E-state index contributed by atoms with van der Waals surface area (Å²) in [6, 6.07) is 17.9. The van der Waals surface area contributed by atoms with Crippen LogP contribution in [0.1, 0.15) is 35.3 Å². The van der Waals surface area contributed by atoms with Crippen LogP contribution in [-0.4, -0.2) is 43.1 Å². The van der Waals surface area contributed by atoms with Crippen LogP contribution in [-0.2, 0) is 26.0 Å². The Hall–Kier alpha value is -3.82. The van der Waals surface area contributed by atoms with Gasteiger partial charge in [-0.1, -0.05) is 42.0 Å². The van der Waals surface area contributed by atoms with Gasteiger partial charge < -0.3 is 19.2 Å². The van der Waals surface area contributed by atoms with E-state index in [2.05, 4.69) is 4.98 Å². The summed E-state index contributed by atoms with van der Waals surface area (Å²) in [7, 11) is -4.14. The Kier molecular flexibility index (Phi) is 5.69. The molecule has 1 N–H and O–H groups in total. The van der Waals surface area contributed by atoms with E-state index in [9.17, 15) is 13.2 Å². The van der Waals surface area contributed by atoms with E-state index in [-0.39, 0.29) is 24.7 Å². The zero-order valence-electron chi connectivity index (χ0n) is 20.4. The molecule has 4 aromatic rings. The lowest BCUT2D eigenvalue weighted by Gasteiger charge is -2.40. The molecular formula is C28H26N2O6S. The molecule has 0 fully saturated rings. The number of nitrogens with one attached hydrogen (secondary N) is 1. The maximum Gasteiger partial charge on any atom is 0.324 e. The molecule has 0 spiro atoms. The number of hydrogen-bond acceptors (Lipinski definition) is 6. The van der Waals surface area contributed by atoms with E-state index in [0.717, 1.165) is 27.7 Å². The number of esters is 1. The summed E-state index contributed by atoms with van der Waals surface area (Å²) in [6.45, 7) is 3.85. The van der Waals surface area contributed by atoms with Crippen LogP contribution >= 0.6 is 0 Å². The van der Waals surface area contributed by atoms with Crippen molar-refractivity contribution >= 4 is 26.9 Å². The summed E-state index contributed by atoms with van der Waals surface area (Å²) >= 11 is 0. The number of benzene rings is 3. The molecule has 2 atom stereocenters. The highest BCUT2D eigenvalue weighted by Gasteiger charge is 2.48. The summed E-state index contributed by atoms with van der Waals surface area (Å²) < 4.78 is 46.4. The van der Waals surface area contributed by atoms with Crippen LogP contribution in [0, 0.1) is 6.92 Å². The average molecular weight is 519 g/mol. The normalized spacial score (nSPS) is 19.1. The van der Waals surface area contributed by atoms with Crippen LogP contribution in [0.4, 0.5) is 0 Å². The van der Waals surface area contributed by atoms with Gasteiger partial charge in [-0.15, -0.1) is 0 Å². The third kappa shape index (κ3) is 3.86. The summed E-state index contributed by atoms with van der Waals surface area (Å²) in [6.07, 6.45) is 0.185. The maximum atomic E-state index is 14.3. The Morgan fingerprint density at radius 2 is 1.81 bits per heavy atom. The quantitative estimate of drug-likeness (QED) is 0.392. The first-order chi connectivity index (χ1) is 17.9. The number of aryl methyl sites for hydroxylation is 1. The third-order valence-corrected chi connectivity index (χ3v) is 8.83. The van der Waals surface area contributed by atoms with Gasteiger partial charge in [-0.25, -0.2) is 8.42 Å². The van der Waals surface area contributed by atoms with Crippen molar-refractivity contribution in [2.45, 2.75) is 37.2 Å². The Bertz CT molecular complexity index is 1610. The molecule has 0 saturated carbocycles. The first-order valence-corrected chi connectivity index (χ1v) is 13.6. The number of para-hydroxylation sites is 1. The van der Waals surface area contributed by atoms with Gasteiger partial charge in [-0.2, -0.15) is 4.31 Å². The molecule has 2 aliphatic heterocycles. The molecule has 9 heteroatoms. The van der Waals surface area contributed by atoms with Crippen molar-refractivity contribution in [1.29, 1.82) is 0 Å². The summed E-state index contributed by atoms with van der Waals surface area (Å²) in [5.41, 5.74) is 4.07. The number of aromatic nitrogens is 1. The second-order valence-electron chi connectivity index (χ2n) is 9.20. The topological polar surface area (TPSA) is 97.9 Å². The molecular weight excluding hydrogens is 492 g/mol. The summed E-state index contributed by atoms with van der Waals surface area (Å²) in [4.78, 5) is 17.0. The smallest absolute Gasteiger partial charge is 0.324 e. The Morgan fingerprint density at radius 1 is 1.05 bits per heavy atom. The minimum Gasteiger partial charge on any atom is -0.465 e. The fraction of sp³-hybridized carbons (Fsp3) is 0.250. The number of nitrogens with zero attached hydrogens (tertiary/aromatic N) is 1. The average Bonchev–Trinajstić information content (AvgIpc) is 3.52. The van der Waals surface area contributed by atoms with E-state index in [4.69, 9.17) is 14.2 Å². The van der Waals surface area contributed by atoms with E-state index < -0.39 is 28.1 Å². The zero-order valence-corrected chi connectivity index (χ0v) is 21.2. The highest BCUT2D eigenvalue weighted by atomic mass is 32.2. The Morgan fingerprint density at radius 3 is 2.59 bits per heavy atom. The van der Waals surface area contributed by atoms with Gasteiger partial charge in [0, 0.05) is 23.0 Å². The number of sulfonamides is 1. The molecule has 0 radical (unpaired) electrons. The minimum absolute atomic E-state index is 0.0952. The standard InChI is InChI=1S/C28H26N2O6S/c1-3-34-28(31)23-15-21-20-6-4-5-7-22(20)29-26(21)27(18-10-13-24-25(14-18)36-16-35-24)30(23)37(32,33)19-11-8-17(2)9-12-19/h4-14,23,27,29H,3,15-16H2,1-2H3. The number of hydrogen-bond donors (Lipinski definition) is 1. The lowest BCUT2D eigenvalue weighted by molar-refractivity contribution is -0.148. The molecule has 0 amide bonds. The molecule has 3 aromatic carbocycles. The monoisotopic (exact) mass is 518 g/mol. The molecule has 37 heavy (non-hydrogen) atoms. The fourth-order valence-corrected chi connectivity index (χ4v) is 6.95. The predicted octanol–water partition coefficient (Wildman–Crippen LogP) is 4.47. The molecule has 3 heterocycles. The van der Waals surface area contributed by atoms with Gasteiger partial charge in [0.1, 0.15) is 6.04 Å². The number of aromatic amines is 1. The number of fused-ring (bicyclic) bond motifs is 4. The molecule has 2 aliphatic rings. The molecule has 2 unspecified atom stereocenters. The van der Waals surface area contributed by atoms with Crippen molar-refractivity contribution < 1.29 is 27.4 Å². The van der Waals surface area contributed by atoms with Gasteiger partial charge >= 0.3 is 5.97 Å². The van der Waals surface area contributed by atoms with Gasteiger partial charge in [-0.05, 0) is 55.3 Å². The molecule has 0 saturated heterocycles. The lowest BCUT2D eigenvalue weighted by Crippen LogP contribution is -2.52. The molecule has 0 aliphatic carbocycles. The van der Waals surface area contributed by atoms with Crippen molar-refractivity contribution in [3.8, 4) is 11.5 Å². The lowest BCUT2D eigenvalue weighted by atomic mass is 9.90. The first kappa shape index (κ1) is 23.6. The van der Waals surface area contributed by atoms with Gasteiger partial charge in [0.15, 0.2) is 11.5 Å². The van der Waals surface area contributed by atoms with E-state index >= 15 is 0 Å². The van der Waals surface area contributed by atoms with Crippen LogP contribution in [0.5, 0.6) is 11.5 Å². The Labute approximate surface area is 214 Å². The van der Waals surface area contributed by atoms with Crippen LogP contribution in [0.15, 0.2) is 71.6 Å². The summed E-state index contributed by atoms with van der Waals surface area (Å²) in [5.74, 6) is 0.535. The van der Waals surface area contributed by atoms with E-state index in [1.807, 2.05) is 37.3 Å². The van der Waals surface area contributed by atoms with E-state index in [0.29, 0.717) is 17.1 Å². The van der Waals surface area contributed by atoms with Crippen LogP contribution in [0.25, 0.3) is 10.9 Å². The van der Waals surface area contributed by atoms with E-state index in [1.165, 1.54) is 4.31 Å². The zero-order chi connectivity index (χ0) is 25.7. The van der Waals surface area contributed by atoms with Crippen molar-refractivity contribution in [2.75, 3.05) is 13.4 Å². The van der Waals surface area contributed by atoms with Crippen LogP contribution < -0.4 is 9.47 Å². The largest absolute Gasteiger partial charge is 0.465 e. The second-order valence-corrected chi connectivity index (χ2v) is 11.0. The number of ether oxygens (including phenoxy) is 3. The van der Waals surface area contributed by atoms with Gasteiger partial charge in [0.05, 0.1) is 17.5 Å². The van der Waals surface area contributed by atoms with Crippen LogP contribution in [0.3, 0.4) is 0 Å². The van der Waals surface area contributed by atoms with Gasteiger partial charge in [-0.3, -0.25) is 4.79 Å². The highest BCUT2D eigenvalue weighted by molar-refractivity contribution is 7.89. The SMILES string of the molecule is CCOC(=O)C1Cc2c([nH]c3ccccc23)C(c2ccc3c(c2)OCO3)N1S(=O)(=O)c1ccc(C)cc1. The minimum atomic E-state index is -4.14. The maximum absolute atomic E-state index is 14.3. The highest BCUT2D eigenvalue weighted by Crippen LogP contribution is 2.46. The number of rotatable bonds is 5. The molecule has 8 nitrogen and oxygen atoms in total. The van der Waals surface area contributed by atoms with E-state index in [1.54, 1.807) is 43.3 Å². The summed E-state index contributed by atoms with van der Waals surface area (Å²) in [5, 5.41) is 0.949. The van der Waals surface area contributed by atoms with Crippen molar-refractivity contribution in [3.05, 3.63) is 89.1 Å². The van der Waals surface area contributed by atoms with Crippen LogP contribution in [0.2, 0.25) is 0 Å². The first-order valence-electron chi connectivity index (χ1n) is 12.1. The van der Waals surface area contributed by atoms with Crippen molar-refractivity contribution in [1.82, 2.24) is 9.29 Å². The number of carbonyl (C=O) groups excluding carboxylic acids is 1. The third-order valence-electron chi connectivity index (χ3n) is 6.95.